The quantitative estimate of drug-likeness (QED) is 0.427. The van der Waals surface area contributed by atoms with E-state index >= 15 is 0 Å². The van der Waals surface area contributed by atoms with Gasteiger partial charge in [0.1, 0.15) is 22.7 Å². The van der Waals surface area contributed by atoms with E-state index in [1.54, 1.807) is 24.4 Å². The van der Waals surface area contributed by atoms with E-state index in [0.717, 1.165) is 16.8 Å². The molecule has 1 aliphatic carbocycles. The van der Waals surface area contributed by atoms with Gasteiger partial charge < -0.3 is 14.7 Å². The molecule has 4 heterocycles. The number of benzene rings is 1. The maximum absolute atomic E-state index is 13.9. The molecule has 2 saturated heterocycles. The third kappa shape index (κ3) is 4.83. The van der Waals surface area contributed by atoms with Gasteiger partial charge in [0.05, 0.1) is 37.8 Å². The maximum Gasteiger partial charge on any atom is 0.244 e. The number of fused-ring (bicyclic) bond motifs is 2. The molecule has 3 aliphatic rings. The molecular weight excluding hydrogens is 540 g/mol. The Labute approximate surface area is 231 Å². The van der Waals surface area contributed by atoms with Crippen molar-refractivity contribution in [2.75, 3.05) is 44.3 Å². The number of piperidine rings is 1. The van der Waals surface area contributed by atoms with Gasteiger partial charge in [0.2, 0.25) is 10.0 Å². The number of halogens is 2. The molecule has 212 valence electrons. The zero-order chi connectivity index (χ0) is 27.9. The molecule has 3 aromatic rings. The average Bonchev–Trinajstić information content (AvgIpc) is 3.60. The van der Waals surface area contributed by atoms with Crippen LogP contribution in [0, 0.1) is 11.2 Å². The third-order valence-corrected chi connectivity index (χ3v) is 10.00. The van der Waals surface area contributed by atoms with Crippen molar-refractivity contribution >= 4 is 21.9 Å². The fraction of sp³-hybridized carbons (Fsp3) is 0.429. The Morgan fingerprint density at radius 3 is 2.70 bits per heavy atom. The second kappa shape index (κ2) is 10.7. The van der Waals surface area contributed by atoms with Crippen LogP contribution in [-0.2, 0) is 21.2 Å². The number of nitrogens with zero attached hydrogens (tertiary/aromatic N) is 4. The van der Waals surface area contributed by atoms with E-state index in [1.807, 2.05) is 11.0 Å². The number of hydrogen-bond acceptors (Lipinski definition) is 7. The van der Waals surface area contributed by atoms with Crippen molar-refractivity contribution in [1.82, 2.24) is 19.5 Å². The molecule has 0 spiro atoms. The fourth-order valence-electron chi connectivity index (χ4n) is 6.19. The molecule has 2 N–H and O–H groups in total. The normalized spacial score (nSPS) is 23.9. The predicted molar refractivity (Wildman–Crippen MR) is 144 cm³/mol. The van der Waals surface area contributed by atoms with Crippen molar-refractivity contribution in [3.63, 3.8) is 0 Å². The van der Waals surface area contributed by atoms with Crippen LogP contribution in [0.4, 0.5) is 14.6 Å². The number of aliphatic hydroxyl groups is 1. The van der Waals surface area contributed by atoms with Gasteiger partial charge >= 0.3 is 0 Å². The number of pyridine rings is 1. The average molecular weight is 572 g/mol. The Kier molecular flexibility index (Phi) is 7.19. The number of anilines is 1. The van der Waals surface area contributed by atoms with Crippen molar-refractivity contribution in [2.24, 2.45) is 5.41 Å². The standard InChI is InChI=1S/C28H31F2N5O4S/c29-22-3-1-19(2-4-22)27(39-12-11-36)28-14-20-15-32-33-25(20)13-21(28)7-10-35(18-28)40(37,38)24-5-6-26(31-16-24)34-9-8-23(30)17-34/h1-6,13,15-16,23,27,36H,7-12,14,17-18H2,(H,32,33)/t23-,27-,28?/m1/s1. The lowest BCUT2D eigenvalue weighted by molar-refractivity contribution is -0.0529. The molecule has 1 aromatic carbocycles. The largest absolute Gasteiger partial charge is 0.394 e. The first kappa shape index (κ1) is 27.0. The summed E-state index contributed by atoms with van der Waals surface area (Å²) in [5.41, 5.74) is 2.67. The van der Waals surface area contributed by atoms with Gasteiger partial charge in [0.25, 0.3) is 0 Å². The molecule has 6 rings (SSSR count). The van der Waals surface area contributed by atoms with Gasteiger partial charge in [0.15, 0.2) is 0 Å². The molecule has 2 fully saturated rings. The number of alkyl halides is 1. The molecule has 2 aromatic heterocycles. The summed E-state index contributed by atoms with van der Waals surface area (Å²) in [7, 11) is -3.95. The molecule has 3 atom stereocenters. The minimum atomic E-state index is -3.95. The lowest BCUT2D eigenvalue weighted by atomic mass is 9.64. The molecule has 2 aliphatic heterocycles. The van der Waals surface area contributed by atoms with Crippen LogP contribution in [0.1, 0.15) is 35.8 Å². The summed E-state index contributed by atoms with van der Waals surface area (Å²) in [4.78, 5) is 6.22. The Morgan fingerprint density at radius 1 is 1.18 bits per heavy atom. The molecule has 1 unspecified atom stereocenters. The molecule has 0 bridgehead atoms. The summed E-state index contributed by atoms with van der Waals surface area (Å²) >= 11 is 0. The lowest BCUT2D eigenvalue weighted by Crippen LogP contribution is -2.52. The van der Waals surface area contributed by atoms with Crippen LogP contribution in [0.5, 0.6) is 0 Å². The van der Waals surface area contributed by atoms with Crippen LogP contribution < -0.4 is 4.90 Å². The SMILES string of the molecule is O=S(=O)(c1ccc(N2CC[C@@H](F)C2)nc1)N1CCC2=Cc3[nH]ncc3CC2([C@H](OCCO)c2ccc(F)cc2)C1. The van der Waals surface area contributed by atoms with Gasteiger partial charge in [-0.3, -0.25) is 5.10 Å². The van der Waals surface area contributed by atoms with Crippen LogP contribution in [-0.4, -0.2) is 78.6 Å². The van der Waals surface area contributed by atoms with E-state index in [1.165, 1.54) is 28.7 Å². The molecule has 0 saturated carbocycles. The van der Waals surface area contributed by atoms with Gasteiger partial charge in [0, 0.05) is 31.2 Å². The highest BCUT2D eigenvalue weighted by atomic mass is 32.2. The number of nitrogens with one attached hydrogen (secondary N) is 1. The molecule has 0 amide bonds. The summed E-state index contributed by atoms with van der Waals surface area (Å²) in [5, 5.41) is 16.8. The topological polar surface area (TPSA) is 112 Å². The van der Waals surface area contributed by atoms with Crippen molar-refractivity contribution in [3.8, 4) is 0 Å². The molecular formula is C28H31F2N5O4S. The Morgan fingerprint density at radius 2 is 2.00 bits per heavy atom. The molecule has 9 nitrogen and oxygen atoms in total. The minimum absolute atomic E-state index is 0.0314. The molecule has 0 radical (unpaired) electrons. The first-order valence-corrected chi connectivity index (χ1v) is 14.8. The monoisotopic (exact) mass is 571 g/mol. The van der Waals surface area contributed by atoms with E-state index in [0.29, 0.717) is 37.2 Å². The van der Waals surface area contributed by atoms with Crippen molar-refractivity contribution < 1.29 is 27.0 Å². The van der Waals surface area contributed by atoms with E-state index in [2.05, 4.69) is 15.2 Å². The Balaban J connectivity index is 1.37. The number of hydrogen-bond donors (Lipinski definition) is 2. The number of H-pyrrole nitrogens is 1. The zero-order valence-corrected chi connectivity index (χ0v) is 22.7. The summed E-state index contributed by atoms with van der Waals surface area (Å²) in [5.74, 6) is 0.159. The summed E-state index contributed by atoms with van der Waals surface area (Å²) in [6.07, 6.45) is 4.84. The van der Waals surface area contributed by atoms with Crippen LogP contribution >= 0.6 is 0 Å². The molecule has 12 heteroatoms. The number of aromatic nitrogens is 3. The number of sulfonamides is 1. The van der Waals surface area contributed by atoms with Crippen molar-refractivity contribution in [2.45, 2.75) is 36.4 Å². The van der Waals surface area contributed by atoms with Gasteiger partial charge in [-0.2, -0.15) is 9.40 Å². The number of aliphatic hydroxyl groups excluding tert-OH is 1. The van der Waals surface area contributed by atoms with Crippen molar-refractivity contribution in [3.05, 3.63) is 77.0 Å². The van der Waals surface area contributed by atoms with Gasteiger partial charge in [-0.15, -0.1) is 0 Å². The number of aromatic amines is 1. The summed E-state index contributed by atoms with van der Waals surface area (Å²) in [6, 6.07) is 9.14. The van der Waals surface area contributed by atoms with Crippen LogP contribution in [0.25, 0.3) is 6.08 Å². The highest BCUT2D eigenvalue weighted by Gasteiger charge is 2.51. The first-order chi connectivity index (χ1) is 19.3. The number of rotatable bonds is 8. The lowest BCUT2D eigenvalue weighted by Gasteiger charge is -2.50. The van der Waals surface area contributed by atoms with E-state index in [4.69, 9.17) is 4.74 Å². The highest BCUT2D eigenvalue weighted by Crippen LogP contribution is 2.53. The second-order valence-corrected chi connectivity index (χ2v) is 12.5. The third-order valence-electron chi connectivity index (χ3n) is 8.17. The zero-order valence-electron chi connectivity index (χ0n) is 21.8. The van der Waals surface area contributed by atoms with E-state index in [-0.39, 0.29) is 37.7 Å². The summed E-state index contributed by atoms with van der Waals surface area (Å²) in [6.45, 7) is 0.966. The fourth-order valence-corrected chi connectivity index (χ4v) is 7.65. The van der Waals surface area contributed by atoms with Crippen LogP contribution in [0.15, 0.2) is 59.3 Å². The molecule has 40 heavy (non-hydrogen) atoms. The number of ether oxygens (including phenoxy) is 1. The maximum atomic E-state index is 13.9. The van der Waals surface area contributed by atoms with E-state index < -0.39 is 33.5 Å². The van der Waals surface area contributed by atoms with Gasteiger partial charge in [-0.25, -0.2) is 22.2 Å². The van der Waals surface area contributed by atoms with E-state index in [9.17, 15) is 22.3 Å². The van der Waals surface area contributed by atoms with Gasteiger partial charge in [-0.05, 0) is 60.7 Å². The predicted octanol–water partition coefficient (Wildman–Crippen LogP) is 3.26. The Bertz CT molecular complexity index is 1500. The smallest absolute Gasteiger partial charge is 0.244 e. The van der Waals surface area contributed by atoms with Crippen molar-refractivity contribution in [1.29, 1.82) is 0 Å². The van der Waals surface area contributed by atoms with Crippen LogP contribution in [0.3, 0.4) is 0 Å². The second-order valence-electron chi connectivity index (χ2n) is 10.6. The summed E-state index contributed by atoms with van der Waals surface area (Å²) < 4.78 is 63.1. The van der Waals surface area contributed by atoms with Crippen LogP contribution in [0.2, 0.25) is 0 Å². The minimum Gasteiger partial charge on any atom is -0.394 e. The Hall–Kier alpha value is -3.19. The first-order valence-electron chi connectivity index (χ1n) is 13.4. The highest BCUT2D eigenvalue weighted by molar-refractivity contribution is 7.89. The van der Waals surface area contributed by atoms with Gasteiger partial charge in [-0.1, -0.05) is 17.7 Å².